The number of rotatable bonds is 4. The summed E-state index contributed by atoms with van der Waals surface area (Å²) in [5.41, 5.74) is 14.8. The van der Waals surface area contributed by atoms with Gasteiger partial charge in [-0.25, -0.2) is 15.0 Å². The second-order valence-electron chi connectivity index (χ2n) is 16.3. The molecular weight excluding hydrogens is 739 g/mol. The highest BCUT2D eigenvalue weighted by Gasteiger charge is 2.35. The molecule has 8 aromatic carbocycles. The molecule has 0 fully saturated rings. The Hall–Kier alpha value is -7.83. The van der Waals surface area contributed by atoms with Gasteiger partial charge in [0.05, 0.1) is 0 Å². The molecule has 0 saturated heterocycles. The lowest BCUT2D eigenvalue weighted by molar-refractivity contribution is 0.660. The first-order chi connectivity index (χ1) is 29.5. The third-order valence-electron chi connectivity index (χ3n) is 12.6. The molecule has 6 heteroatoms. The van der Waals surface area contributed by atoms with Crippen LogP contribution in [0, 0.1) is 0 Å². The van der Waals surface area contributed by atoms with Crippen molar-refractivity contribution in [1.29, 1.82) is 0 Å². The van der Waals surface area contributed by atoms with Crippen molar-refractivity contribution in [3.05, 3.63) is 175 Å². The molecule has 0 spiro atoms. The summed E-state index contributed by atoms with van der Waals surface area (Å²) in [6.07, 6.45) is 0. The molecule has 0 saturated carbocycles. The minimum absolute atomic E-state index is 0.0995. The molecule has 0 aliphatic heterocycles. The Kier molecular flexibility index (Phi) is 6.69. The summed E-state index contributed by atoms with van der Waals surface area (Å²) in [5.74, 6) is 1.62. The summed E-state index contributed by atoms with van der Waals surface area (Å²) in [4.78, 5) is 15.8. The monoisotopic (exact) mass is 771 g/mol. The van der Waals surface area contributed by atoms with Crippen molar-refractivity contribution in [2.75, 3.05) is 0 Å². The summed E-state index contributed by atoms with van der Waals surface area (Å²) >= 11 is 0. The molecule has 12 aromatic rings. The van der Waals surface area contributed by atoms with E-state index in [1.807, 2.05) is 66.7 Å². The smallest absolute Gasteiger partial charge is 0.164 e. The first-order valence-electron chi connectivity index (χ1n) is 20.3. The van der Waals surface area contributed by atoms with Crippen LogP contribution in [0.1, 0.15) is 25.0 Å². The number of aromatic nitrogens is 3. The van der Waals surface area contributed by atoms with E-state index in [2.05, 4.69) is 111 Å². The van der Waals surface area contributed by atoms with Crippen LogP contribution in [0.3, 0.4) is 0 Å². The Morgan fingerprint density at radius 3 is 1.63 bits per heavy atom. The molecule has 4 aromatic heterocycles. The molecule has 0 amide bonds. The van der Waals surface area contributed by atoms with Crippen molar-refractivity contribution in [3.63, 3.8) is 0 Å². The summed E-state index contributed by atoms with van der Waals surface area (Å²) in [5, 5.41) is 6.02. The van der Waals surface area contributed by atoms with Gasteiger partial charge in [-0.15, -0.1) is 0 Å². The Morgan fingerprint density at radius 2 is 0.850 bits per heavy atom. The summed E-state index contributed by atoms with van der Waals surface area (Å²) in [6, 6.07) is 56.7. The first kappa shape index (κ1) is 33.2. The second-order valence-corrected chi connectivity index (χ2v) is 16.3. The van der Waals surface area contributed by atoms with Gasteiger partial charge in [-0.1, -0.05) is 123 Å². The highest BCUT2D eigenvalue weighted by atomic mass is 16.3. The lowest BCUT2D eigenvalue weighted by Crippen LogP contribution is -2.14. The topological polar surface area (TPSA) is 78.1 Å². The van der Waals surface area contributed by atoms with Crippen LogP contribution in [-0.4, -0.2) is 15.0 Å². The third kappa shape index (κ3) is 4.73. The van der Waals surface area contributed by atoms with Crippen LogP contribution < -0.4 is 0 Å². The maximum atomic E-state index is 6.56. The van der Waals surface area contributed by atoms with Gasteiger partial charge in [0.25, 0.3) is 0 Å². The van der Waals surface area contributed by atoms with E-state index < -0.39 is 0 Å². The van der Waals surface area contributed by atoms with Gasteiger partial charge in [0.2, 0.25) is 0 Å². The number of para-hydroxylation sites is 2. The Bertz CT molecular complexity index is 3770. The van der Waals surface area contributed by atoms with E-state index in [0.29, 0.717) is 17.5 Å². The summed E-state index contributed by atoms with van der Waals surface area (Å²) in [7, 11) is 0. The maximum Gasteiger partial charge on any atom is 0.164 e. The van der Waals surface area contributed by atoms with Crippen LogP contribution >= 0.6 is 0 Å². The SMILES string of the molecule is CC1(C)c2ccccc2-c2ccc(-c3ccc4oc5cccc(-c6nc(-c7ccc8c(c7)oc7ccccc78)nc(-c7cccc8oc9ccccc9c78)n6)c5c4c3)cc21. The number of fused-ring (bicyclic) bond motifs is 12. The predicted octanol–water partition coefficient (Wildman–Crippen LogP) is 14.5. The highest BCUT2D eigenvalue weighted by molar-refractivity contribution is 6.14. The Labute approximate surface area is 343 Å². The molecule has 0 unspecified atom stereocenters. The van der Waals surface area contributed by atoms with Gasteiger partial charge in [0.1, 0.15) is 33.5 Å². The zero-order valence-electron chi connectivity index (χ0n) is 32.7. The molecule has 0 bridgehead atoms. The van der Waals surface area contributed by atoms with Crippen molar-refractivity contribution < 1.29 is 13.3 Å². The molecule has 0 radical (unpaired) electrons. The fraction of sp³-hybridized carbons (Fsp3) is 0.0556. The average molecular weight is 772 g/mol. The van der Waals surface area contributed by atoms with Crippen LogP contribution in [0.2, 0.25) is 0 Å². The number of hydrogen-bond acceptors (Lipinski definition) is 6. The lowest BCUT2D eigenvalue weighted by atomic mass is 9.81. The van der Waals surface area contributed by atoms with Crippen LogP contribution in [0.5, 0.6) is 0 Å². The van der Waals surface area contributed by atoms with Gasteiger partial charge >= 0.3 is 0 Å². The lowest BCUT2D eigenvalue weighted by Gasteiger charge is -2.22. The van der Waals surface area contributed by atoms with E-state index >= 15 is 0 Å². The van der Waals surface area contributed by atoms with Crippen LogP contribution in [0.25, 0.3) is 122 Å². The largest absolute Gasteiger partial charge is 0.456 e. The third-order valence-corrected chi connectivity index (χ3v) is 12.6. The van der Waals surface area contributed by atoms with Crippen molar-refractivity contribution >= 4 is 65.8 Å². The van der Waals surface area contributed by atoms with Crippen molar-refractivity contribution in [2.24, 2.45) is 0 Å². The predicted molar refractivity (Wildman–Crippen MR) is 241 cm³/mol. The number of benzene rings is 8. The minimum Gasteiger partial charge on any atom is -0.456 e. The summed E-state index contributed by atoms with van der Waals surface area (Å²) in [6.45, 7) is 4.64. The number of hydrogen-bond donors (Lipinski definition) is 0. The zero-order chi connectivity index (χ0) is 39.7. The maximum absolute atomic E-state index is 6.56. The van der Waals surface area contributed by atoms with Crippen molar-refractivity contribution in [1.82, 2.24) is 15.0 Å². The van der Waals surface area contributed by atoms with Crippen LogP contribution in [-0.2, 0) is 5.41 Å². The average Bonchev–Trinajstić information content (AvgIpc) is 4.03. The zero-order valence-corrected chi connectivity index (χ0v) is 32.7. The van der Waals surface area contributed by atoms with E-state index in [1.165, 1.54) is 22.3 Å². The molecule has 4 heterocycles. The fourth-order valence-electron chi connectivity index (χ4n) is 9.65. The van der Waals surface area contributed by atoms with Gasteiger partial charge < -0.3 is 13.3 Å². The molecule has 1 aliphatic carbocycles. The summed E-state index contributed by atoms with van der Waals surface area (Å²) < 4.78 is 19.2. The van der Waals surface area contributed by atoms with Gasteiger partial charge in [-0.05, 0) is 88.0 Å². The molecule has 282 valence electrons. The van der Waals surface area contributed by atoms with E-state index in [9.17, 15) is 0 Å². The van der Waals surface area contributed by atoms with Gasteiger partial charge in [-0.3, -0.25) is 0 Å². The van der Waals surface area contributed by atoms with Gasteiger partial charge in [0.15, 0.2) is 17.5 Å². The minimum atomic E-state index is -0.0995. The molecule has 13 rings (SSSR count). The van der Waals surface area contributed by atoms with E-state index in [-0.39, 0.29) is 5.41 Å². The molecule has 60 heavy (non-hydrogen) atoms. The quantitative estimate of drug-likeness (QED) is 0.177. The second kappa shape index (κ2) is 12.1. The van der Waals surface area contributed by atoms with Crippen molar-refractivity contribution in [3.8, 4) is 56.4 Å². The van der Waals surface area contributed by atoms with Gasteiger partial charge in [0, 0.05) is 54.4 Å². The fourth-order valence-corrected chi connectivity index (χ4v) is 9.65. The Morgan fingerprint density at radius 1 is 0.333 bits per heavy atom. The first-order valence-corrected chi connectivity index (χ1v) is 20.3. The molecule has 1 aliphatic rings. The van der Waals surface area contributed by atoms with Gasteiger partial charge in [-0.2, -0.15) is 0 Å². The van der Waals surface area contributed by atoms with Crippen LogP contribution in [0.15, 0.2) is 177 Å². The standard InChI is InChI=1S/C54H33N3O3/c1-54(2)41-16-6-3-11-33(41)34-24-21-31(28-42(34)54)30-23-26-45-40(27-30)50-39(15-10-20-47(50)59-45)53-56-51(32-22-25-36-35-12-4-7-17-43(35)60-48(36)29-32)55-52(57-53)38-14-9-19-46-49(38)37-13-5-8-18-44(37)58-46/h3-29H,1-2H3. The molecule has 0 atom stereocenters. The molecule has 6 nitrogen and oxygen atoms in total. The number of nitrogens with zero attached hydrogens (tertiary/aromatic N) is 3. The van der Waals surface area contributed by atoms with Crippen LogP contribution in [0.4, 0.5) is 0 Å². The van der Waals surface area contributed by atoms with E-state index in [4.69, 9.17) is 28.2 Å². The number of furan rings is 3. The van der Waals surface area contributed by atoms with Crippen molar-refractivity contribution in [2.45, 2.75) is 19.3 Å². The molecular formula is C54H33N3O3. The highest BCUT2D eigenvalue weighted by Crippen LogP contribution is 2.50. The Balaban J connectivity index is 1.02. The van der Waals surface area contributed by atoms with E-state index in [1.54, 1.807) is 0 Å². The van der Waals surface area contributed by atoms with E-state index in [0.717, 1.165) is 93.6 Å². The normalized spacial score (nSPS) is 13.3. The molecule has 0 N–H and O–H groups in total.